The van der Waals surface area contributed by atoms with Crippen molar-refractivity contribution in [2.75, 3.05) is 27.7 Å². The second-order valence-electron chi connectivity index (χ2n) is 6.25. The Morgan fingerprint density at radius 2 is 1.81 bits per heavy atom. The van der Waals surface area contributed by atoms with Crippen LogP contribution in [0.1, 0.15) is 36.2 Å². The van der Waals surface area contributed by atoms with Crippen LogP contribution in [0.4, 0.5) is 0 Å². The molecular formula is C17H29N3O. The molecule has 0 saturated heterocycles. The van der Waals surface area contributed by atoms with E-state index in [-0.39, 0.29) is 5.91 Å². The first-order valence-electron chi connectivity index (χ1n) is 7.61. The summed E-state index contributed by atoms with van der Waals surface area (Å²) in [6.07, 6.45) is 1.16. The Hall–Kier alpha value is -1.39. The highest BCUT2D eigenvalue weighted by Crippen LogP contribution is 2.08. The summed E-state index contributed by atoms with van der Waals surface area (Å²) in [6.45, 7) is 6.37. The van der Waals surface area contributed by atoms with Crippen LogP contribution >= 0.6 is 0 Å². The zero-order valence-electron chi connectivity index (χ0n) is 13.9. The van der Waals surface area contributed by atoms with Crippen molar-refractivity contribution in [3.8, 4) is 0 Å². The molecule has 4 nitrogen and oxygen atoms in total. The maximum absolute atomic E-state index is 11.5. The number of amides is 1. The summed E-state index contributed by atoms with van der Waals surface area (Å²) in [5.74, 6) is 0.637. The molecule has 0 aliphatic carbocycles. The van der Waals surface area contributed by atoms with E-state index in [1.165, 1.54) is 5.56 Å². The molecule has 1 atom stereocenters. The number of hydrogen-bond acceptors (Lipinski definition) is 3. The van der Waals surface area contributed by atoms with E-state index >= 15 is 0 Å². The standard InChI is InChI=1S/C17H29N3O/c1-13(2)10-16(12-20(4)5)19-11-14-6-8-15(9-7-14)17(21)18-3/h6-9,13,16,19H,10-12H2,1-5H3,(H,18,21). The molecule has 0 aromatic heterocycles. The van der Waals surface area contributed by atoms with Crippen LogP contribution in [0, 0.1) is 5.92 Å². The summed E-state index contributed by atoms with van der Waals surface area (Å²) in [5.41, 5.74) is 1.91. The van der Waals surface area contributed by atoms with Crippen LogP contribution in [0.25, 0.3) is 0 Å². The highest BCUT2D eigenvalue weighted by molar-refractivity contribution is 5.93. The Labute approximate surface area is 128 Å². The van der Waals surface area contributed by atoms with Gasteiger partial charge in [0.2, 0.25) is 0 Å². The molecule has 1 rings (SSSR count). The molecule has 0 aliphatic heterocycles. The van der Waals surface area contributed by atoms with Crippen molar-refractivity contribution in [1.29, 1.82) is 0 Å². The first kappa shape index (κ1) is 17.7. The van der Waals surface area contributed by atoms with Crippen molar-refractivity contribution in [2.24, 2.45) is 5.92 Å². The van der Waals surface area contributed by atoms with Gasteiger partial charge in [0, 0.05) is 31.7 Å². The van der Waals surface area contributed by atoms with E-state index < -0.39 is 0 Å². The minimum atomic E-state index is -0.0419. The summed E-state index contributed by atoms with van der Waals surface area (Å²) in [5, 5.41) is 6.25. The van der Waals surface area contributed by atoms with Crippen molar-refractivity contribution in [3.63, 3.8) is 0 Å². The minimum Gasteiger partial charge on any atom is -0.355 e. The van der Waals surface area contributed by atoms with Gasteiger partial charge >= 0.3 is 0 Å². The van der Waals surface area contributed by atoms with E-state index in [4.69, 9.17) is 0 Å². The number of hydrogen-bond donors (Lipinski definition) is 2. The number of nitrogens with one attached hydrogen (secondary N) is 2. The number of carbonyl (C=O) groups excluding carboxylic acids is 1. The molecular weight excluding hydrogens is 262 g/mol. The summed E-state index contributed by atoms with van der Waals surface area (Å²) < 4.78 is 0. The minimum absolute atomic E-state index is 0.0419. The van der Waals surface area contributed by atoms with Gasteiger partial charge in [0.1, 0.15) is 0 Å². The van der Waals surface area contributed by atoms with Crippen LogP contribution in [0.2, 0.25) is 0 Å². The zero-order chi connectivity index (χ0) is 15.8. The van der Waals surface area contributed by atoms with Crippen molar-refractivity contribution in [3.05, 3.63) is 35.4 Å². The third-order valence-corrected chi connectivity index (χ3v) is 3.38. The number of rotatable bonds is 8. The van der Waals surface area contributed by atoms with Gasteiger partial charge in [0.15, 0.2) is 0 Å². The lowest BCUT2D eigenvalue weighted by Crippen LogP contribution is -2.38. The lowest BCUT2D eigenvalue weighted by molar-refractivity contribution is 0.0963. The van der Waals surface area contributed by atoms with Gasteiger partial charge in [0.05, 0.1) is 0 Å². The van der Waals surface area contributed by atoms with Gasteiger partial charge in [-0.1, -0.05) is 26.0 Å². The Morgan fingerprint density at radius 3 is 2.29 bits per heavy atom. The average molecular weight is 291 g/mol. The average Bonchev–Trinajstić information content (AvgIpc) is 2.43. The van der Waals surface area contributed by atoms with Gasteiger partial charge in [0.25, 0.3) is 5.91 Å². The zero-order valence-corrected chi connectivity index (χ0v) is 13.9. The topological polar surface area (TPSA) is 44.4 Å². The number of benzene rings is 1. The fourth-order valence-electron chi connectivity index (χ4n) is 2.41. The Bertz CT molecular complexity index is 416. The van der Waals surface area contributed by atoms with E-state index in [0.29, 0.717) is 17.5 Å². The molecule has 21 heavy (non-hydrogen) atoms. The molecule has 0 spiro atoms. The van der Waals surface area contributed by atoms with E-state index in [2.05, 4.69) is 43.5 Å². The van der Waals surface area contributed by atoms with Gasteiger partial charge in [-0.15, -0.1) is 0 Å². The third-order valence-electron chi connectivity index (χ3n) is 3.38. The summed E-state index contributed by atoms with van der Waals surface area (Å²) >= 11 is 0. The molecule has 1 aromatic carbocycles. The second kappa shape index (κ2) is 8.80. The molecule has 1 unspecified atom stereocenters. The summed E-state index contributed by atoms with van der Waals surface area (Å²) in [4.78, 5) is 13.7. The number of carbonyl (C=O) groups is 1. The summed E-state index contributed by atoms with van der Waals surface area (Å²) in [7, 11) is 5.86. The molecule has 1 amide bonds. The fraction of sp³-hybridized carbons (Fsp3) is 0.588. The predicted octanol–water partition coefficient (Wildman–Crippen LogP) is 2.11. The Balaban J connectivity index is 2.56. The quantitative estimate of drug-likeness (QED) is 0.771. The number of nitrogens with zero attached hydrogens (tertiary/aromatic N) is 1. The molecule has 1 aromatic rings. The van der Waals surface area contributed by atoms with Crippen molar-refractivity contribution >= 4 is 5.91 Å². The van der Waals surface area contributed by atoms with Crippen molar-refractivity contribution < 1.29 is 4.79 Å². The molecule has 4 heteroatoms. The van der Waals surface area contributed by atoms with Gasteiger partial charge in [-0.3, -0.25) is 4.79 Å². The van der Waals surface area contributed by atoms with Gasteiger partial charge in [-0.25, -0.2) is 0 Å². The van der Waals surface area contributed by atoms with Crippen LogP contribution in [-0.4, -0.2) is 44.5 Å². The van der Waals surface area contributed by atoms with Crippen LogP contribution in [0.3, 0.4) is 0 Å². The van der Waals surface area contributed by atoms with Crippen LogP contribution < -0.4 is 10.6 Å². The normalized spacial score (nSPS) is 12.7. The van der Waals surface area contributed by atoms with Crippen molar-refractivity contribution in [2.45, 2.75) is 32.9 Å². The van der Waals surface area contributed by atoms with Gasteiger partial charge < -0.3 is 15.5 Å². The van der Waals surface area contributed by atoms with Crippen LogP contribution in [-0.2, 0) is 6.54 Å². The maximum atomic E-state index is 11.5. The Morgan fingerprint density at radius 1 is 1.19 bits per heavy atom. The largest absolute Gasteiger partial charge is 0.355 e. The third kappa shape index (κ3) is 6.74. The highest BCUT2D eigenvalue weighted by atomic mass is 16.1. The second-order valence-corrected chi connectivity index (χ2v) is 6.25. The molecule has 0 saturated carbocycles. The van der Waals surface area contributed by atoms with Crippen LogP contribution in [0.5, 0.6) is 0 Å². The molecule has 2 N–H and O–H groups in total. The van der Waals surface area contributed by atoms with Crippen molar-refractivity contribution in [1.82, 2.24) is 15.5 Å². The van der Waals surface area contributed by atoms with E-state index in [9.17, 15) is 4.79 Å². The van der Waals surface area contributed by atoms with E-state index in [0.717, 1.165) is 19.5 Å². The smallest absolute Gasteiger partial charge is 0.251 e. The predicted molar refractivity (Wildman–Crippen MR) is 88.5 cm³/mol. The SMILES string of the molecule is CNC(=O)c1ccc(CNC(CC(C)C)CN(C)C)cc1. The molecule has 0 aliphatic rings. The Kier molecular flexibility index (Phi) is 7.40. The molecule has 0 radical (unpaired) electrons. The van der Waals surface area contributed by atoms with Gasteiger partial charge in [-0.05, 0) is 44.1 Å². The maximum Gasteiger partial charge on any atom is 0.251 e. The summed E-state index contributed by atoms with van der Waals surface area (Å²) in [6, 6.07) is 8.26. The lowest BCUT2D eigenvalue weighted by atomic mass is 10.0. The van der Waals surface area contributed by atoms with E-state index in [1.807, 2.05) is 24.3 Å². The van der Waals surface area contributed by atoms with Gasteiger partial charge in [-0.2, -0.15) is 0 Å². The first-order chi connectivity index (χ1) is 9.92. The fourth-order valence-corrected chi connectivity index (χ4v) is 2.41. The van der Waals surface area contributed by atoms with Crippen LogP contribution in [0.15, 0.2) is 24.3 Å². The molecule has 0 bridgehead atoms. The molecule has 0 heterocycles. The molecule has 118 valence electrons. The highest BCUT2D eigenvalue weighted by Gasteiger charge is 2.11. The molecule has 0 fully saturated rings. The number of likely N-dealkylation sites (N-methyl/N-ethyl adjacent to an activating group) is 1. The lowest BCUT2D eigenvalue weighted by Gasteiger charge is -2.24. The first-order valence-corrected chi connectivity index (χ1v) is 7.61. The monoisotopic (exact) mass is 291 g/mol. The van der Waals surface area contributed by atoms with E-state index in [1.54, 1.807) is 7.05 Å².